The number of ether oxygens (including phenoxy) is 3. The molecule has 1 aromatic carbocycles. The van der Waals surface area contributed by atoms with Crippen molar-refractivity contribution in [2.45, 2.75) is 62.1 Å². The molecular formula is C15H20O3S. The summed E-state index contributed by atoms with van der Waals surface area (Å²) in [6.07, 6.45) is -0.0818. The molecule has 0 aromatic heterocycles. The lowest BCUT2D eigenvalue weighted by Gasteiger charge is -2.23. The molecule has 4 atom stereocenters. The van der Waals surface area contributed by atoms with Crippen LogP contribution in [0.1, 0.15) is 26.3 Å². The molecule has 0 bridgehead atoms. The van der Waals surface area contributed by atoms with Crippen LogP contribution in [0.2, 0.25) is 0 Å². The van der Waals surface area contributed by atoms with Crippen LogP contribution in [0, 0.1) is 6.92 Å². The topological polar surface area (TPSA) is 27.7 Å². The van der Waals surface area contributed by atoms with Crippen LogP contribution in [0.3, 0.4) is 0 Å². The molecule has 2 heterocycles. The molecule has 0 amide bonds. The van der Waals surface area contributed by atoms with Crippen molar-refractivity contribution >= 4 is 11.8 Å². The highest BCUT2D eigenvalue weighted by atomic mass is 32.2. The van der Waals surface area contributed by atoms with Crippen molar-refractivity contribution in [3.8, 4) is 0 Å². The van der Waals surface area contributed by atoms with Gasteiger partial charge in [0.2, 0.25) is 0 Å². The summed E-state index contributed by atoms with van der Waals surface area (Å²) in [6, 6.07) is 8.58. The van der Waals surface area contributed by atoms with Crippen molar-refractivity contribution in [1.82, 2.24) is 0 Å². The second kappa shape index (κ2) is 4.77. The average Bonchev–Trinajstić information content (AvgIpc) is 2.75. The van der Waals surface area contributed by atoms with Gasteiger partial charge in [-0.25, -0.2) is 0 Å². The minimum absolute atomic E-state index is 0.0105. The molecule has 2 saturated heterocycles. The SMILES string of the molecule is Cc1ccc(S[C@H]2[C@H]3OC(C)(C)O[C@H]3O[C@@H]2C)cc1. The highest BCUT2D eigenvalue weighted by Gasteiger charge is 2.53. The summed E-state index contributed by atoms with van der Waals surface area (Å²) >= 11 is 1.82. The van der Waals surface area contributed by atoms with E-state index < -0.39 is 5.79 Å². The van der Waals surface area contributed by atoms with Gasteiger partial charge in [0.25, 0.3) is 0 Å². The van der Waals surface area contributed by atoms with Gasteiger partial charge in [-0.05, 0) is 39.8 Å². The Kier molecular flexibility index (Phi) is 3.38. The minimum Gasteiger partial charge on any atom is -0.346 e. The molecule has 2 aliphatic heterocycles. The number of thioether (sulfide) groups is 1. The maximum Gasteiger partial charge on any atom is 0.188 e. The molecule has 2 fully saturated rings. The average molecular weight is 280 g/mol. The first-order valence-electron chi connectivity index (χ1n) is 6.69. The van der Waals surface area contributed by atoms with Gasteiger partial charge in [0.1, 0.15) is 6.10 Å². The van der Waals surface area contributed by atoms with Crippen LogP contribution in [0.15, 0.2) is 29.2 Å². The lowest BCUT2D eigenvalue weighted by molar-refractivity contribution is -0.202. The van der Waals surface area contributed by atoms with E-state index in [0.29, 0.717) is 0 Å². The van der Waals surface area contributed by atoms with Gasteiger partial charge in [-0.2, -0.15) is 0 Å². The number of aryl methyl sites for hydroxylation is 1. The van der Waals surface area contributed by atoms with Crippen molar-refractivity contribution in [1.29, 1.82) is 0 Å². The molecule has 1 aromatic rings. The predicted octanol–water partition coefficient (Wildman–Crippen LogP) is 3.35. The molecule has 19 heavy (non-hydrogen) atoms. The normalized spacial score (nSPS) is 36.4. The van der Waals surface area contributed by atoms with E-state index in [4.69, 9.17) is 14.2 Å². The molecule has 3 rings (SSSR count). The summed E-state index contributed by atoms with van der Waals surface area (Å²) in [4.78, 5) is 1.25. The quantitative estimate of drug-likeness (QED) is 0.830. The fraction of sp³-hybridized carbons (Fsp3) is 0.600. The van der Waals surface area contributed by atoms with Crippen LogP contribution in [0.5, 0.6) is 0 Å². The van der Waals surface area contributed by atoms with Gasteiger partial charge in [0.05, 0.1) is 11.4 Å². The van der Waals surface area contributed by atoms with Crippen molar-refractivity contribution in [3.63, 3.8) is 0 Å². The molecule has 104 valence electrons. The number of hydrogen-bond donors (Lipinski definition) is 0. The third-order valence-corrected chi connectivity index (χ3v) is 4.98. The van der Waals surface area contributed by atoms with E-state index in [2.05, 4.69) is 38.1 Å². The zero-order valence-corrected chi connectivity index (χ0v) is 12.6. The Balaban J connectivity index is 1.75. The van der Waals surface area contributed by atoms with E-state index in [1.165, 1.54) is 10.5 Å². The number of benzene rings is 1. The van der Waals surface area contributed by atoms with Crippen LogP contribution < -0.4 is 0 Å². The van der Waals surface area contributed by atoms with Gasteiger partial charge < -0.3 is 14.2 Å². The standard InChI is InChI=1S/C15H20O3S/c1-9-5-7-11(8-6-9)19-13-10(2)16-14-12(13)17-15(3,4)18-14/h5-8,10,12-14H,1-4H3/t10-,12-,13-,14-/m1/s1. The monoisotopic (exact) mass is 280 g/mol. The third-order valence-electron chi connectivity index (χ3n) is 3.52. The molecule has 0 spiro atoms. The second-order valence-electron chi connectivity index (χ2n) is 5.71. The Hall–Kier alpha value is -0.550. The largest absolute Gasteiger partial charge is 0.346 e. The van der Waals surface area contributed by atoms with Crippen LogP contribution in [0.25, 0.3) is 0 Å². The van der Waals surface area contributed by atoms with E-state index in [9.17, 15) is 0 Å². The maximum atomic E-state index is 5.98. The van der Waals surface area contributed by atoms with Gasteiger partial charge in [0.15, 0.2) is 12.1 Å². The summed E-state index contributed by atoms with van der Waals surface area (Å²) in [5.74, 6) is -0.540. The molecule has 2 aliphatic rings. The van der Waals surface area contributed by atoms with Crippen LogP contribution in [-0.2, 0) is 14.2 Å². The van der Waals surface area contributed by atoms with Crippen molar-refractivity contribution in [2.24, 2.45) is 0 Å². The molecule has 4 heteroatoms. The van der Waals surface area contributed by atoms with Crippen molar-refractivity contribution in [2.75, 3.05) is 0 Å². The summed E-state index contributed by atoms with van der Waals surface area (Å²) in [5, 5.41) is 0.273. The van der Waals surface area contributed by atoms with Gasteiger partial charge in [0, 0.05) is 4.90 Å². The minimum atomic E-state index is -0.540. The Bertz CT molecular complexity index is 457. The summed E-state index contributed by atoms with van der Waals surface area (Å²) in [6.45, 7) is 8.06. The van der Waals surface area contributed by atoms with E-state index in [-0.39, 0.29) is 23.7 Å². The van der Waals surface area contributed by atoms with Crippen LogP contribution >= 0.6 is 11.8 Å². The Morgan fingerprint density at radius 1 is 1.11 bits per heavy atom. The van der Waals surface area contributed by atoms with E-state index in [0.717, 1.165) is 0 Å². The van der Waals surface area contributed by atoms with E-state index in [1.807, 2.05) is 25.6 Å². The smallest absolute Gasteiger partial charge is 0.188 e. The Labute approximate surface area is 118 Å². The zero-order valence-electron chi connectivity index (χ0n) is 11.8. The first kappa shape index (κ1) is 13.4. The fourth-order valence-electron chi connectivity index (χ4n) is 2.58. The zero-order chi connectivity index (χ0) is 13.6. The van der Waals surface area contributed by atoms with Gasteiger partial charge in [-0.3, -0.25) is 0 Å². The van der Waals surface area contributed by atoms with Crippen molar-refractivity contribution < 1.29 is 14.2 Å². The lowest BCUT2D eigenvalue weighted by atomic mass is 10.2. The van der Waals surface area contributed by atoms with Crippen LogP contribution in [0.4, 0.5) is 0 Å². The van der Waals surface area contributed by atoms with Crippen LogP contribution in [-0.4, -0.2) is 29.5 Å². The molecule has 0 radical (unpaired) electrons. The number of rotatable bonds is 2. The number of hydrogen-bond acceptors (Lipinski definition) is 4. The van der Waals surface area contributed by atoms with E-state index in [1.54, 1.807) is 0 Å². The van der Waals surface area contributed by atoms with Crippen molar-refractivity contribution in [3.05, 3.63) is 29.8 Å². The Morgan fingerprint density at radius 2 is 1.79 bits per heavy atom. The summed E-state index contributed by atoms with van der Waals surface area (Å²) < 4.78 is 17.6. The van der Waals surface area contributed by atoms with Gasteiger partial charge in [-0.15, -0.1) is 11.8 Å². The fourth-order valence-corrected chi connectivity index (χ4v) is 3.76. The summed E-state index contributed by atoms with van der Waals surface area (Å²) in [5.41, 5.74) is 1.28. The van der Waals surface area contributed by atoms with Gasteiger partial charge in [-0.1, -0.05) is 17.7 Å². The lowest BCUT2D eigenvalue weighted by Crippen LogP contribution is -2.31. The first-order chi connectivity index (χ1) is 8.94. The molecule has 3 nitrogen and oxygen atoms in total. The third kappa shape index (κ3) is 2.68. The van der Waals surface area contributed by atoms with Gasteiger partial charge >= 0.3 is 0 Å². The molecular weight excluding hydrogens is 260 g/mol. The first-order valence-corrected chi connectivity index (χ1v) is 7.57. The highest BCUT2D eigenvalue weighted by Crippen LogP contribution is 2.44. The predicted molar refractivity (Wildman–Crippen MR) is 75.2 cm³/mol. The molecule has 0 N–H and O–H groups in total. The molecule has 0 unspecified atom stereocenters. The van der Waals surface area contributed by atoms with E-state index >= 15 is 0 Å². The molecule has 0 aliphatic carbocycles. The highest BCUT2D eigenvalue weighted by molar-refractivity contribution is 8.00. The maximum absolute atomic E-state index is 5.98. The number of fused-ring (bicyclic) bond motifs is 1. The molecule has 0 saturated carbocycles. The second-order valence-corrected chi connectivity index (χ2v) is 6.96. The summed E-state index contributed by atoms with van der Waals surface area (Å²) in [7, 11) is 0. The Morgan fingerprint density at radius 3 is 2.47 bits per heavy atom.